The van der Waals surface area contributed by atoms with Crippen LogP contribution in [0.15, 0.2) is 176 Å². The molecule has 0 radical (unpaired) electrons. The molecule has 1 aliphatic carbocycles. The third kappa shape index (κ3) is 30.0. The van der Waals surface area contributed by atoms with Crippen LogP contribution < -0.4 is 9.47 Å². The fraction of sp³-hybridized carbons (Fsp3) is 0.500. The molecule has 1 saturated carbocycles. The number of carbonyl (C=O) groups excluding carboxylic acids is 4. The molecule has 0 aromatic heterocycles. The maximum atomic E-state index is 16.4. The topological polar surface area (TPSA) is 205 Å². The molecule has 1 aliphatic rings. The van der Waals surface area contributed by atoms with E-state index in [0.29, 0.717) is 118 Å². The molecule has 7 aromatic carbocycles. The lowest BCUT2D eigenvalue weighted by Gasteiger charge is -2.30. The molecule has 0 atom stereocenters. The van der Waals surface area contributed by atoms with Gasteiger partial charge in [-0.25, -0.2) is 23.6 Å². The molecule has 4 N–H and O–H groups in total. The lowest BCUT2D eigenvalue weighted by atomic mass is 9.77. The predicted octanol–water partition coefficient (Wildman–Crippen LogP) is 24.4. The van der Waals surface area contributed by atoms with Gasteiger partial charge in [-0.2, -0.15) is 0 Å². The van der Waals surface area contributed by atoms with Gasteiger partial charge in [-0.15, -0.1) is 0 Å². The number of unbranched alkanes of at least 4 members (excludes halogenated alkanes) is 6. The van der Waals surface area contributed by atoms with Crippen molar-refractivity contribution in [3.63, 3.8) is 0 Å². The van der Waals surface area contributed by atoms with Gasteiger partial charge in [-0.1, -0.05) is 229 Å². The second-order valence-corrected chi connectivity index (χ2v) is 34.6. The number of halogens is 1. The first-order valence-electron chi connectivity index (χ1n) is 46.1. The first-order valence-corrected chi connectivity index (χ1v) is 46.1. The van der Waals surface area contributed by atoms with Crippen LogP contribution in [0.2, 0.25) is 0 Å². The molecule has 7 aromatic rings. The summed E-state index contributed by atoms with van der Waals surface area (Å²) in [7, 11) is 0. The van der Waals surface area contributed by atoms with E-state index in [1.807, 2.05) is 30.3 Å². The lowest BCUT2D eigenvalue weighted by molar-refractivity contribution is -0.140. The summed E-state index contributed by atoms with van der Waals surface area (Å²) in [6, 6.07) is 44.3. The van der Waals surface area contributed by atoms with Gasteiger partial charge < -0.3 is 48.8 Å². The van der Waals surface area contributed by atoms with E-state index in [2.05, 4.69) is 159 Å². The molecule has 0 heterocycles. The van der Waals surface area contributed by atoms with Gasteiger partial charge in [0.25, 0.3) is 0 Å². The lowest BCUT2D eigenvalue weighted by Crippen LogP contribution is -2.32. The van der Waals surface area contributed by atoms with E-state index in [-0.39, 0.29) is 95.9 Å². The van der Waals surface area contributed by atoms with Crippen LogP contribution >= 0.6 is 0 Å². The summed E-state index contributed by atoms with van der Waals surface area (Å²) in [5.41, 5.74) is 17.0. The average molecular weight is 1680 g/mol. The number of carbonyl (C=O) groups is 4. The number of esters is 4. The van der Waals surface area contributed by atoms with E-state index in [9.17, 15) is 39.6 Å². The molecule has 123 heavy (non-hydrogen) atoms. The highest BCUT2D eigenvalue weighted by atomic mass is 19.1. The Labute approximate surface area is 735 Å². The standard InChI is InChI=1S/C108H143FO14/c1-13-19-23-29-80-37-41-84(42-38-80)85-45-47-87(48-46-85)88-49-52-97(82(17-5)65-88)95-67-91(31-25-59-120-103(114)76(7)8)101(118-63-57-107(72-110,73-111)55-21-15-3)93(68-95)33-27-61-122-105(116)78(11)35-36-79(12)106(117)123-62-28-34-94-70-96(69-92(32-26-60-121-104(115)77(9)10)102(94)119-64-58-108(74-112,75-113)56-22-16-4)98-53-51-90(66-83(98)18-6)99-54-50-89(71-100(99)109)86-43-39-81(40-44-86)30-24-20-14-2/h39-40,43-54,65-71,80,84,110-113H,7,9,11-38,41-42,55-64,72-75H2,1-6,8,10H3. The Kier molecular flexibility index (Phi) is 41.8. The number of rotatable bonds is 57. The molecule has 0 spiro atoms. The average Bonchev–Trinajstić information content (AvgIpc) is 0.787. The number of benzene rings is 7. The summed E-state index contributed by atoms with van der Waals surface area (Å²) in [4.78, 5) is 52.9. The quantitative estimate of drug-likeness (QED) is 0.0121. The van der Waals surface area contributed by atoms with Crippen molar-refractivity contribution in [3.05, 3.63) is 226 Å². The second kappa shape index (κ2) is 51.9. The maximum absolute atomic E-state index is 16.4. The van der Waals surface area contributed by atoms with Gasteiger partial charge in [0.2, 0.25) is 0 Å². The molecule has 0 saturated heterocycles. The molecule has 15 heteroatoms. The first-order chi connectivity index (χ1) is 59.5. The van der Waals surface area contributed by atoms with Crippen molar-refractivity contribution in [3.8, 4) is 67.1 Å². The minimum absolute atomic E-state index is 0.0174. The third-order valence-corrected chi connectivity index (χ3v) is 25.0. The Morgan fingerprint density at radius 3 is 1.14 bits per heavy atom. The van der Waals surface area contributed by atoms with Crippen molar-refractivity contribution in [2.45, 2.75) is 267 Å². The zero-order valence-corrected chi connectivity index (χ0v) is 75.6. The molecular formula is C108H143FO14. The maximum Gasteiger partial charge on any atom is 0.333 e. The van der Waals surface area contributed by atoms with Gasteiger partial charge in [0.1, 0.15) is 17.3 Å². The van der Waals surface area contributed by atoms with Gasteiger partial charge in [0.15, 0.2) is 0 Å². The summed E-state index contributed by atoms with van der Waals surface area (Å²) in [6.45, 7) is 31.8. The van der Waals surface area contributed by atoms with Crippen LogP contribution in [0.4, 0.5) is 4.39 Å². The van der Waals surface area contributed by atoms with Crippen LogP contribution in [0.25, 0.3) is 55.6 Å². The fourth-order valence-electron chi connectivity index (χ4n) is 16.9. The predicted molar refractivity (Wildman–Crippen MR) is 498 cm³/mol. The first kappa shape index (κ1) is 99.2. The number of aliphatic hydroxyl groups is 4. The summed E-state index contributed by atoms with van der Waals surface area (Å²) in [5.74, 6) is 0.244. The minimum atomic E-state index is -0.759. The van der Waals surface area contributed by atoms with Gasteiger partial charge in [0.05, 0.1) is 66.1 Å². The van der Waals surface area contributed by atoms with Gasteiger partial charge >= 0.3 is 23.9 Å². The monoisotopic (exact) mass is 1680 g/mol. The minimum Gasteiger partial charge on any atom is -0.493 e. The van der Waals surface area contributed by atoms with Crippen molar-refractivity contribution in [2.75, 3.05) is 66.1 Å². The summed E-state index contributed by atoms with van der Waals surface area (Å²) in [6.07, 6.45) is 25.6. The SMILES string of the molecule is C=C(C)C(=O)OCCCc1cc(-c2ccc(-c3ccc(C4CCC(CCCCC)CC4)cc3)cc2CC)cc(CCCOC(=O)C(=C)CCC(=C)C(=O)OCCCc2cc(-c3ccc(-c4ccc(-c5ccc(CCCCC)cc5)cc4F)cc3CC)cc(CCCOC(=O)C(=C)C)c2OCCC(CO)(CO)CCCC)c1OCCC(CO)(CO)CCCC. The number of aliphatic hydroxyl groups excluding tert-OH is 4. The summed E-state index contributed by atoms with van der Waals surface area (Å²) >= 11 is 0. The van der Waals surface area contributed by atoms with Gasteiger partial charge in [0, 0.05) is 38.7 Å². The highest BCUT2D eigenvalue weighted by Gasteiger charge is 2.32. The molecule has 0 aliphatic heterocycles. The molecule has 1 fully saturated rings. The summed E-state index contributed by atoms with van der Waals surface area (Å²) < 4.78 is 53.1. The smallest absolute Gasteiger partial charge is 0.333 e. The Morgan fingerprint density at radius 1 is 0.374 bits per heavy atom. The number of aryl methyl sites for hydroxylation is 7. The molecule has 666 valence electrons. The Morgan fingerprint density at radius 2 is 0.740 bits per heavy atom. The second-order valence-electron chi connectivity index (χ2n) is 34.6. The van der Waals surface area contributed by atoms with E-state index in [1.54, 1.807) is 19.9 Å². The van der Waals surface area contributed by atoms with Crippen molar-refractivity contribution >= 4 is 23.9 Å². The van der Waals surface area contributed by atoms with Crippen molar-refractivity contribution in [1.82, 2.24) is 0 Å². The fourth-order valence-corrected chi connectivity index (χ4v) is 16.9. The van der Waals surface area contributed by atoms with E-state index >= 15 is 4.39 Å². The van der Waals surface area contributed by atoms with Gasteiger partial charge in [-0.3, -0.25) is 0 Å². The molecular weight excluding hydrogens is 1540 g/mol. The van der Waals surface area contributed by atoms with Crippen molar-refractivity contribution < 1.29 is 72.4 Å². The molecule has 0 amide bonds. The van der Waals surface area contributed by atoms with Crippen LogP contribution in [0.5, 0.6) is 11.5 Å². The van der Waals surface area contributed by atoms with E-state index in [0.717, 1.165) is 130 Å². The van der Waals surface area contributed by atoms with Crippen LogP contribution in [-0.4, -0.2) is 110 Å². The number of hydrogen-bond donors (Lipinski definition) is 4. The highest BCUT2D eigenvalue weighted by Crippen LogP contribution is 2.43. The van der Waals surface area contributed by atoms with Crippen molar-refractivity contribution in [1.29, 1.82) is 0 Å². The zero-order chi connectivity index (χ0) is 88.7. The Bertz CT molecular complexity index is 4550. The van der Waals surface area contributed by atoms with E-state index < -0.39 is 34.7 Å². The van der Waals surface area contributed by atoms with Crippen LogP contribution in [0, 0.1) is 22.6 Å². The normalized spacial score (nSPS) is 13.5. The van der Waals surface area contributed by atoms with Crippen LogP contribution in [-0.2, 0) is 83.1 Å². The van der Waals surface area contributed by atoms with Crippen LogP contribution in [0.1, 0.15) is 266 Å². The molecule has 14 nitrogen and oxygen atoms in total. The van der Waals surface area contributed by atoms with Gasteiger partial charge in [-0.05, 0) is 292 Å². The number of ether oxygens (including phenoxy) is 6. The Balaban J connectivity index is 0.971. The van der Waals surface area contributed by atoms with E-state index in [4.69, 9.17) is 28.4 Å². The van der Waals surface area contributed by atoms with Crippen molar-refractivity contribution in [2.24, 2.45) is 16.7 Å². The molecule has 0 bridgehead atoms. The zero-order valence-electron chi connectivity index (χ0n) is 75.6. The molecule has 0 unspecified atom stereocenters. The van der Waals surface area contributed by atoms with Crippen LogP contribution in [0.3, 0.4) is 0 Å². The molecule has 8 rings (SSSR count). The summed E-state index contributed by atoms with van der Waals surface area (Å²) in [5, 5.41) is 42.7. The number of hydrogen-bond acceptors (Lipinski definition) is 14. The van der Waals surface area contributed by atoms with E-state index in [1.165, 1.54) is 80.0 Å². The Hall–Kier alpha value is -9.25. The third-order valence-electron chi connectivity index (χ3n) is 25.0. The highest BCUT2D eigenvalue weighted by molar-refractivity contribution is 5.90. The largest absolute Gasteiger partial charge is 0.493 e.